The SMILES string of the molecule is CCc1c(OC)nc2nc(C(=O)N(N)C(C)=O)cn2c1C. The number of methoxy groups -OCH3 is 1. The monoisotopic (exact) mass is 291 g/mol. The van der Waals surface area contributed by atoms with Crippen molar-refractivity contribution in [3.8, 4) is 5.88 Å². The molecule has 0 aliphatic rings. The largest absolute Gasteiger partial charge is 0.481 e. The molecule has 0 atom stereocenters. The van der Waals surface area contributed by atoms with E-state index in [1.807, 2.05) is 13.8 Å². The molecule has 0 saturated carbocycles. The molecule has 0 aliphatic heterocycles. The van der Waals surface area contributed by atoms with Gasteiger partial charge in [-0.2, -0.15) is 4.98 Å². The number of rotatable bonds is 3. The van der Waals surface area contributed by atoms with E-state index in [4.69, 9.17) is 10.6 Å². The van der Waals surface area contributed by atoms with E-state index in [0.717, 1.165) is 17.7 Å². The van der Waals surface area contributed by atoms with E-state index in [1.165, 1.54) is 20.2 Å². The van der Waals surface area contributed by atoms with Gasteiger partial charge in [0.25, 0.3) is 5.91 Å². The predicted octanol–water partition coefficient (Wildman–Crippen LogP) is 0.471. The Balaban J connectivity index is 2.59. The van der Waals surface area contributed by atoms with Crippen molar-refractivity contribution in [2.45, 2.75) is 27.2 Å². The third kappa shape index (κ3) is 2.45. The minimum absolute atomic E-state index is 0.0543. The van der Waals surface area contributed by atoms with E-state index in [-0.39, 0.29) is 5.69 Å². The molecule has 0 radical (unpaired) electrons. The van der Waals surface area contributed by atoms with Crippen LogP contribution in [0.4, 0.5) is 0 Å². The Morgan fingerprint density at radius 3 is 2.62 bits per heavy atom. The second-order valence-electron chi connectivity index (χ2n) is 4.53. The standard InChI is InChI=1S/C13H17N5O3/c1-5-9-7(2)17-6-10(12(20)18(14)8(3)19)15-13(17)16-11(9)21-4/h6H,5,14H2,1-4H3. The second kappa shape index (κ2) is 5.49. The molecule has 2 amide bonds. The molecule has 2 aromatic rings. The molecule has 2 aromatic heterocycles. The molecule has 0 saturated heterocycles. The quantitative estimate of drug-likeness (QED) is 0.501. The maximum Gasteiger partial charge on any atom is 0.295 e. The topological polar surface area (TPSA) is 103 Å². The highest BCUT2D eigenvalue weighted by molar-refractivity contribution is 6.02. The molecule has 112 valence electrons. The van der Waals surface area contributed by atoms with Crippen LogP contribution in [0.25, 0.3) is 5.78 Å². The minimum Gasteiger partial charge on any atom is -0.481 e. The summed E-state index contributed by atoms with van der Waals surface area (Å²) in [6.07, 6.45) is 2.25. The molecule has 8 nitrogen and oxygen atoms in total. The summed E-state index contributed by atoms with van der Waals surface area (Å²) >= 11 is 0. The number of hydrazine groups is 1. The van der Waals surface area contributed by atoms with Crippen molar-refractivity contribution in [3.05, 3.63) is 23.1 Å². The number of imide groups is 1. The van der Waals surface area contributed by atoms with Crippen LogP contribution in [0, 0.1) is 6.92 Å². The fourth-order valence-electron chi connectivity index (χ4n) is 2.10. The van der Waals surface area contributed by atoms with Crippen molar-refractivity contribution in [1.29, 1.82) is 0 Å². The van der Waals surface area contributed by atoms with Crippen LogP contribution in [0.5, 0.6) is 5.88 Å². The number of ether oxygens (including phenoxy) is 1. The lowest BCUT2D eigenvalue weighted by atomic mass is 10.2. The number of aryl methyl sites for hydroxylation is 1. The predicted molar refractivity (Wildman–Crippen MR) is 74.7 cm³/mol. The van der Waals surface area contributed by atoms with E-state index < -0.39 is 11.8 Å². The van der Waals surface area contributed by atoms with Gasteiger partial charge in [0, 0.05) is 24.4 Å². The Hall–Kier alpha value is -2.48. The van der Waals surface area contributed by atoms with E-state index >= 15 is 0 Å². The first-order chi connectivity index (χ1) is 9.90. The number of hydrogen-bond donors (Lipinski definition) is 1. The van der Waals surface area contributed by atoms with Crippen molar-refractivity contribution in [1.82, 2.24) is 19.4 Å². The summed E-state index contributed by atoms with van der Waals surface area (Å²) < 4.78 is 6.93. The highest BCUT2D eigenvalue weighted by atomic mass is 16.5. The van der Waals surface area contributed by atoms with Crippen molar-refractivity contribution >= 4 is 17.6 Å². The van der Waals surface area contributed by atoms with Crippen molar-refractivity contribution < 1.29 is 14.3 Å². The van der Waals surface area contributed by atoms with E-state index in [1.54, 1.807) is 4.40 Å². The molecule has 0 aliphatic carbocycles. The normalized spacial score (nSPS) is 10.7. The van der Waals surface area contributed by atoms with E-state index in [0.29, 0.717) is 16.7 Å². The Kier molecular flexibility index (Phi) is 3.90. The number of nitrogens with zero attached hydrogens (tertiary/aromatic N) is 4. The minimum atomic E-state index is -0.676. The van der Waals surface area contributed by atoms with Crippen LogP contribution in [0.3, 0.4) is 0 Å². The molecule has 0 fully saturated rings. The number of carbonyl (C=O) groups is 2. The van der Waals surface area contributed by atoms with Crippen LogP contribution in [0.1, 0.15) is 35.6 Å². The summed E-state index contributed by atoms with van der Waals surface area (Å²) in [5, 5.41) is 0.523. The third-order valence-corrected chi connectivity index (χ3v) is 3.27. The number of hydrogen-bond acceptors (Lipinski definition) is 6. The molecule has 0 unspecified atom stereocenters. The first kappa shape index (κ1) is 14.9. The summed E-state index contributed by atoms with van der Waals surface area (Å²) in [7, 11) is 1.53. The fraction of sp³-hybridized carbons (Fsp3) is 0.385. The lowest BCUT2D eigenvalue weighted by molar-refractivity contribution is -0.126. The van der Waals surface area contributed by atoms with Crippen molar-refractivity contribution in [2.24, 2.45) is 5.84 Å². The zero-order valence-corrected chi connectivity index (χ0v) is 12.4. The van der Waals surface area contributed by atoms with Crippen LogP contribution in [0.2, 0.25) is 0 Å². The Morgan fingerprint density at radius 1 is 1.43 bits per heavy atom. The maximum absolute atomic E-state index is 12.0. The van der Waals surface area contributed by atoms with Gasteiger partial charge in [0.1, 0.15) is 0 Å². The first-order valence-corrected chi connectivity index (χ1v) is 6.43. The van der Waals surface area contributed by atoms with Crippen LogP contribution >= 0.6 is 0 Å². The molecular weight excluding hydrogens is 274 g/mol. The van der Waals surface area contributed by atoms with E-state index in [2.05, 4.69) is 9.97 Å². The summed E-state index contributed by atoms with van der Waals surface area (Å²) in [4.78, 5) is 31.5. The Bertz CT molecular complexity index is 722. The third-order valence-electron chi connectivity index (χ3n) is 3.27. The summed E-state index contributed by atoms with van der Waals surface area (Å²) in [6.45, 7) is 5.07. The molecule has 2 rings (SSSR count). The number of nitrogens with two attached hydrogens (primary N) is 1. The van der Waals surface area contributed by atoms with Gasteiger partial charge in [-0.3, -0.25) is 14.0 Å². The lowest BCUT2D eigenvalue weighted by Crippen LogP contribution is -2.41. The summed E-state index contributed by atoms with van der Waals surface area (Å²) in [6, 6.07) is 0. The van der Waals surface area contributed by atoms with Gasteiger partial charge < -0.3 is 4.74 Å². The average Bonchev–Trinajstić information content (AvgIpc) is 2.89. The zero-order valence-electron chi connectivity index (χ0n) is 12.4. The zero-order chi connectivity index (χ0) is 15.7. The molecule has 0 bridgehead atoms. The van der Waals surface area contributed by atoms with Gasteiger partial charge in [0.15, 0.2) is 5.69 Å². The Morgan fingerprint density at radius 2 is 2.10 bits per heavy atom. The maximum atomic E-state index is 12.0. The molecule has 0 aromatic carbocycles. The number of fused-ring (bicyclic) bond motifs is 1. The van der Waals surface area contributed by atoms with Gasteiger partial charge in [-0.05, 0) is 13.3 Å². The van der Waals surface area contributed by atoms with Crippen LogP contribution in [-0.4, -0.2) is 38.3 Å². The molecule has 0 spiro atoms. The fourth-order valence-corrected chi connectivity index (χ4v) is 2.10. The van der Waals surface area contributed by atoms with Gasteiger partial charge in [-0.25, -0.2) is 15.8 Å². The number of amides is 2. The molecule has 8 heteroatoms. The van der Waals surface area contributed by atoms with E-state index in [9.17, 15) is 9.59 Å². The van der Waals surface area contributed by atoms with Crippen LogP contribution in [0.15, 0.2) is 6.20 Å². The van der Waals surface area contributed by atoms with Gasteiger partial charge >= 0.3 is 0 Å². The van der Waals surface area contributed by atoms with Crippen LogP contribution < -0.4 is 10.6 Å². The number of aromatic nitrogens is 3. The summed E-state index contributed by atoms with van der Waals surface area (Å²) in [5.74, 6) is 4.96. The van der Waals surface area contributed by atoms with Gasteiger partial charge in [0.2, 0.25) is 17.6 Å². The Labute approximate surface area is 121 Å². The molecule has 21 heavy (non-hydrogen) atoms. The highest BCUT2D eigenvalue weighted by Gasteiger charge is 2.21. The van der Waals surface area contributed by atoms with Gasteiger partial charge in [-0.1, -0.05) is 6.92 Å². The molecule has 2 N–H and O–H groups in total. The number of carbonyl (C=O) groups excluding carboxylic acids is 2. The summed E-state index contributed by atoms with van der Waals surface area (Å²) in [5.41, 5.74) is 1.86. The number of imidazole rings is 1. The highest BCUT2D eigenvalue weighted by Crippen LogP contribution is 2.22. The second-order valence-corrected chi connectivity index (χ2v) is 4.53. The first-order valence-electron chi connectivity index (χ1n) is 6.43. The smallest absolute Gasteiger partial charge is 0.295 e. The average molecular weight is 291 g/mol. The van der Waals surface area contributed by atoms with Gasteiger partial charge in [0.05, 0.1) is 7.11 Å². The van der Waals surface area contributed by atoms with Crippen LogP contribution in [-0.2, 0) is 11.2 Å². The molecular formula is C13H17N5O3. The lowest BCUT2D eigenvalue weighted by Gasteiger charge is -2.10. The van der Waals surface area contributed by atoms with Crippen molar-refractivity contribution in [3.63, 3.8) is 0 Å². The molecule has 2 heterocycles. The van der Waals surface area contributed by atoms with Crippen molar-refractivity contribution in [2.75, 3.05) is 7.11 Å². The van der Waals surface area contributed by atoms with Gasteiger partial charge in [-0.15, -0.1) is 0 Å².